The summed E-state index contributed by atoms with van der Waals surface area (Å²) in [7, 11) is 5.40. The number of ether oxygens (including phenoxy) is 3. The van der Waals surface area contributed by atoms with Crippen molar-refractivity contribution in [3.8, 4) is 0 Å². The van der Waals surface area contributed by atoms with Crippen molar-refractivity contribution < 1.29 is 38.2 Å². The number of carboxylic acid groups (broad SMARTS) is 1. The van der Waals surface area contributed by atoms with Crippen molar-refractivity contribution in [1.29, 1.82) is 0 Å². The van der Waals surface area contributed by atoms with Crippen molar-refractivity contribution in [1.82, 2.24) is 0 Å². The van der Waals surface area contributed by atoms with Gasteiger partial charge in [0.05, 0.1) is 40.3 Å². The van der Waals surface area contributed by atoms with Crippen LogP contribution in [0.25, 0.3) is 0 Å². The molecule has 8 heteroatoms. The Morgan fingerprint density at radius 2 is 1.02 bits per heavy atom. The van der Waals surface area contributed by atoms with Crippen LogP contribution in [0.1, 0.15) is 187 Å². The second-order valence-electron chi connectivity index (χ2n) is 16.6. The van der Waals surface area contributed by atoms with E-state index in [0.29, 0.717) is 12.8 Å². The van der Waals surface area contributed by atoms with Gasteiger partial charge < -0.3 is 28.6 Å². The second kappa shape index (κ2) is 40.8. The Morgan fingerprint density at radius 3 is 1.53 bits per heavy atom. The van der Waals surface area contributed by atoms with Crippen LogP contribution in [0.4, 0.5) is 0 Å². The lowest BCUT2D eigenvalue weighted by atomic mass is 10.1. The fraction of sp³-hybridized carbons (Fsp3) is 0.740. The van der Waals surface area contributed by atoms with Gasteiger partial charge in [-0.2, -0.15) is 0 Å². The zero-order valence-electron chi connectivity index (χ0n) is 37.9. The molecule has 58 heavy (non-hydrogen) atoms. The van der Waals surface area contributed by atoms with Crippen LogP contribution < -0.4 is 5.11 Å². The van der Waals surface area contributed by atoms with Gasteiger partial charge in [-0.15, -0.1) is 0 Å². The van der Waals surface area contributed by atoms with E-state index in [9.17, 15) is 19.5 Å². The third-order valence-corrected chi connectivity index (χ3v) is 10.2. The zero-order chi connectivity index (χ0) is 42.8. The highest BCUT2D eigenvalue weighted by Gasteiger charge is 2.25. The fourth-order valence-electron chi connectivity index (χ4n) is 6.55. The Morgan fingerprint density at radius 1 is 0.552 bits per heavy atom. The van der Waals surface area contributed by atoms with Gasteiger partial charge in [-0.1, -0.05) is 158 Å². The summed E-state index contributed by atoms with van der Waals surface area (Å²) in [5, 5.41) is 11.6. The number of allylic oxidation sites excluding steroid dienone is 10. The first-order valence-electron chi connectivity index (χ1n) is 23.3. The van der Waals surface area contributed by atoms with Crippen LogP contribution in [-0.2, 0) is 28.6 Å². The molecule has 0 aliphatic heterocycles. The minimum Gasteiger partial charge on any atom is -0.544 e. The molecule has 334 valence electrons. The molecule has 0 aromatic carbocycles. The van der Waals surface area contributed by atoms with Crippen LogP contribution in [0.15, 0.2) is 60.8 Å². The van der Waals surface area contributed by atoms with Gasteiger partial charge in [0.1, 0.15) is 12.6 Å². The molecule has 0 saturated heterocycles. The maximum Gasteiger partial charge on any atom is 0.306 e. The summed E-state index contributed by atoms with van der Waals surface area (Å²) in [5.41, 5.74) is 0. The average molecular weight is 814 g/mol. The van der Waals surface area contributed by atoms with Gasteiger partial charge in [0.15, 0.2) is 6.10 Å². The van der Waals surface area contributed by atoms with E-state index in [2.05, 4.69) is 74.6 Å². The molecule has 0 aliphatic rings. The molecule has 0 amide bonds. The number of unbranched alkanes of at least 4 members (excludes halogenated alkanes) is 18. The number of hydrogen-bond donors (Lipinski definition) is 0. The van der Waals surface area contributed by atoms with Crippen LogP contribution in [0, 0.1) is 0 Å². The largest absolute Gasteiger partial charge is 0.544 e. The number of carbonyl (C=O) groups excluding carboxylic acids is 3. The third kappa shape index (κ3) is 38.5. The third-order valence-electron chi connectivity index (χ3n) is 10.2. The summed E-state index contributed by atoms with van der Waals surface area (Å²) in [4.78, 5) is 36.9. The average Bonchev–Trinajstić information content (AvgIpc) is 3.18. The van der Waals surface area contributed by atoms with Gasteiger partial charge in [-0.3, -0.25) is 9.59 Å². The Hall–Kier alpha value is -2.97. The van der Waals surface area contributed by atoms with Gasteiger partial charge in [0, 0.05) is 19.3 Å². The highest BCUT2D eigenvalue weighted by Crippen LogP contribution is 2.14. The highest BCUT2D eigenvalue weighted by atomic mass is 16.6. The summed E-state index contributed by atoms with van der Waals surface area (Å²) in [6, 6.07) is -0.730. The van der Waals surface area contributed by atoms with Crippen LogP contribution in [0.5, 0.6) is 0 Å². The van der Waals surface area contributed by atoms with Crippen LogP contribution in [0.2, 0.25) is 0 Å². The van der Waals surface area contributed by atoms with E-state index in [1.54, 1.807) is 21.1 Å². The first kappa shape index (κ1) is 55.0. The van der Waals surface area contributed by atoms with Crippen molar-refractivity contribution in [3.63, 3.8) is 0 Å². The van der Waals surface area contributed by atoms with Gasteiger partial charge in [0.2, 0.25) is 0 Å². The SMILES string of the molecule is CC/C=C/C/C=C/C/C=C/CCCCCCCCCCCC(=O)OCC(COCCC(C(=O)[O-])[N+](C)(C)C)OC(=O)CCCCCCCC/C=C/C=C/CCCCC. The number of hydrogen-bond acceptors (Lipinski definition) is 7. The standard InChI is InChI=1S/C50H87NO7/c1-6-8-10-12-14-16-18-20-22-23-24-25-27-28-30-32-34-36-38-40-48(52)57-45-46(44-56-43-42-47(50(54)55)51(3,4)5)58-49(53)41-39-37-35-33-31-29-26-21-19-17-15-13-11-9-7-2/h8,10,14-17,19-22,46-47H,6-7,9,11-13,18,23-45H2,1-5H3/b10-8+,16-14+,17-15+,21-19+,22-20+. The van der Waals surface area contributed by atoms with E-state index in [4.69, 9.17) is 14.2 Å². The Kier molecular flexibility index (Phi) is 38.7. The molecule has 2 atom stereocenters. The fourth-order valence-corrected chi connectivity index (χ4v) is 6.55. The van der Waals surface area contributed by atoms with Crippen molar-refractivity contribution >= 4 is 17.9 Å². The highest BCUT2D eigenvalue weighted by molar-refractivity contribution is 5.70. The number of rotatable bonds is 41. The normalized spacial score (nSPS) is 13.5. The Bertz CT molecular complexity index is 1130. The van der Waals surface area contributed by atoms with Gasteiger partial charge in [0.25, 0.3) is 0 Å². The summed E-state index contributed by atoms with van der Waals surface area (Å²) in [5.74, 6) is -1.76. The first-order chi connectivity index (χ1) is 28.1. The number of likely N-dealkylation sites (N-methyl/N-ethyl adjacent to an activating group) is 1. The molecule has 0 rings (SSSR count). The second-order valence-corrected chi connectivity index (χ2v) is 16.6. The predicted molar refractivity (Wildman–Crippen MR) is 240 cm³/mol. The quantitative estimate of drug-likeness (QED) is 0.0199. The number of aliphatic carboxylic acids is 1. The van der Waals surface area contributed by atoms with Gasteiger partial charge in [-0.05, 0) is 70.6 Å². The van der Waals surface area contributed by atoms with E-state index in [0.717, 1.165) is 83.5 Å². The Labute approximate surface area is 356 Å². The molecule has 0 saturated carbocycles. The molecule has 8 nitrogen and oxygen atoms in total. The van der Waals surface area contributed by atoms with Crippen molar-refractivity contribution in [2.45, 2.75) is 199 Å². The lowest BCUT2D eigenvalue weighted by Crippen LogP contribution is -2.55. The molecule has 0 N–H and O–H groups in total. The monoisotopic (exact) mass is 814 g/mol. The minimum absolute atomic E-state index is 0.0325. The number of nitrogens with zero attached hydrogens (tertiary/aromatic N) is 1. The summed E-state index contributed by atoms with van der Waals surface area (Å²) in [6.45, 7) is 4.50. The Balaban J connectivity index is 4.32. The molecule has 0 aliphatic carbocycles. The summed E-state index contributed by atoms with van der Waals surface area (Å²) in [6.07, 6.45) is 49.5. The van der Waals surface area contributed by atoms with E-state index < -0.39 is 18.1 Å². The lowest BCUT2D eigenvalue weighted by Gasteiger charge is -2.34. The molecule has 0 heterocycles. The molecular weight excluding hydrogens is 727 g/mol. The van der Waals surface area contributed by atoms with Gasteiger partial charge in [-0.25, -0.2) is 0 Å². The smallest absolute Gasteiger partial charge is 0.306 e. The molecule has 0 aromatic heterocycles. The predicted octanol–water partition coefficient (Wildman–Crippen LogP) is 11.6. The van der Waals surface area contributed by atoms with Crippen LogP contribution in [-0.4, -0.2) is 75.5 Å². The van der Waals surface area contributed by atoms with E-state index >= 15 is 0 Å². The number of carboxylic acids is 1. The van der Waals surface area contributed by atoms with Gasteiger partial charge >= 0.3 is 11.9 Å². The molecule has 0 fully saturated rings. The lowest BCUT2D eigenvalue weighted by molar-refractivity contribution is -0.889. The molecule has 0 bridgehead atoms. The summed E-state index contributed by atoms with van der Waals surface area (Å²) >= 11 is 0. The molecular formula is C50H87NO7. The first-order valence-corrected chi connectivity index (χ1v) is 23.3. The van der Waals surface area contributed by atoms with E-state index in [1.807, 2.05) is 0 Å². The van der Waals surface area contributed by atoms with Crippen molar-refractivity contribution in [2.75, 3.05) is 41.0 Å². The zero-order valence-corrected chi connectivity index (χ0v) is 37.9. The topological polar surface area (TPSA) is 102 Å². The molecule has 0 spiro atoms. The maximum absolute atomic E-state index is 12.7. The molecule has 0 radical (unpaired) electrons. The number of esters is 2. The molecule has 0 aromatic rings. The van der Waals surface area contributed by atoms with Crippen molar-refractivity contribution in [3.05, 3.63) is 60.8 Å². The van der Waals surface area contributed by atoms with E-state index in [1.165, 1.54) is 70.6 Å². The molecule has 2 unspecified atom stereocenters. The van der Waals surface area contributed by atoms with Crippen LogP contribution in [0.3, 0.4) is 0 Å². The number of quaternary nitrogens is 1. The van der Waals surface area contributed by atoms with Crippen molar-refractivity contribution in [2.24, 2.45) is 0 Å². The minimum atomic E-state index is -1.13. The maximum atomic E-state index is 12.7. The van der Waals surface area contributed by atoms with E-state index in [-0.39, 0.29) is 42.7 Å². The van der Waals surface area contributed by atoms with Crippen LogP contribution >= 0.6 is 0 Å². The number of carbonyl (C=O) groups is 3. The summed E-state index contributed by atoms with van der Waals surface area (Å²) < 4.78 is 17.2.